The second-order valence-electron chi connectivity index (χ2n) is 4.76. The van der Waals surface area contributed by atoms with Crippen molar-refractivity contribution in [2.24, 2.45) is 0 Å². The van der Waals surface area contributed by atoms with Crippen LogP contribution in [0.2, 0.25) is 0 Å². The maximum absolute atomic E-state index is 13.5. The van der Waals surface area contributed by atoms with E-state index in [1.165, 1.54) is 0 Å². The molecule has 0 atom stereocenters. The van der Waals surface area contributed by atoms with E-state index in [2.05, 4.69) is 0 Å². The van der Waals surface area contributed by atoms with Gasteiger partial charge in [0.05, 0.1) is 0 Å². The number of hydrogen-bond donors (Lipinski definition) is 0. The Morgan fingerprint density at radius 1 is 0.857 bits per heavy atom. The molecule has 0 saturated carbocycles. The van der Waals surface area contributed by atoms with Crippen LogP contribution in [-0.4, -0.2) is 0 Å². The van der Waals surface area contributed by atoms with Crippen LogP contribution in [0.3, 0.4) is 0 Å². The Morgan fingerprint density at radius 2 is 1.38 bits per heavy atom. The number of alkyl halides is 3. The molecular formula is C16H13F5. The van der Waals surface area contributed by atoms with Crippen molar-refractivity contribution in [3.8, 4) is 11.1 Å². The third kappa shape index (κ3) is 3.40. The van der Waals surface area contributed by atoms with Crippen LogP contribution < -0.4 is 0 Å². The van der Waals surface area contributed by atoms with Gasteiger partial charge in [-0.1, -0.05) is 37.6 Å². The van der Waals surface area contributed by atoms with Gasteiger partial charge in [-0.3, -0.25) is 0 Å². The highest BCUT2D eigenvalue weighted by atomic mass is 19.4. The molecule has 0 bridgehead atoms. The minimum Gasteiger partial charge on any atom is -0.206 e. The van der Waals surface area contributed by atoms with Crippen molar-refractivity contribution in [3.05, 3.63) is 59.2 Å². The van der Waals surface area contributed by atoms with Gasteiger partial charge in [0.1, 0.15) is 17.2 Å². The Bertz CT molecular complexity index is 603. The third-order valence-corrected chi connectivity index (χ3v) is 3.15. The molecule has 0 aromatic heterocycles. The second kappa shape index (κ2) is 5.84. The van der Waals surface area contributed by atoms with Gasteiger partial charge in [-0.25, -0.2) is 8.78 Å². The molecule has 0 fully saturated rings. The van der Waals surface area contributed by atoms with Gasteiger partial charge in [-0.15, -0.1) is 0 Å². The molecule has 21 heavy (non-hydrogen) atoms. The lowest BCUT2D eigenvalue weighted by atomic mass is 10.0. The Balaban J connectivity index is 2.42. The van der Waals surface area contributed by atoms with Crippen molar-refractivity contribution >= 4 is 0 Å². The fourth-order valence-electron chi connectivity index (χ4n) is 2.16. The lowest BCUT2D eigenvalue weighted by Crippen LogP contribution is -2.11. The molecule has 2 rings (SSSR count). The topological polar surface area (TPSA) is 0 Å². The van der Waals surface area contributed by atoms with Gasteiger partial charge in [0.15, 0.2) is 0 Å². The SMILES string of the molecule is CCCc1ccc(-c2cc(F)c(C(F)(F)F)c(F)c2)cc1. The predicted molar refractivity (Wildman–Crippen MR) is 70.8 cm³/mol. The molecule has 2 aromatic carbocycles. The van der Waals surface area contributed by atoms with Crippen LogP contribution in [0.1, 0.15) is 24.5 Å². The van der Waals surface area contributed by atoms with Crippen LogP contribution in [0.15, 0.2) is 36.4 Å². The van der Waals surface area contributed by atoms with Gasteiger partial charge in [0.25, 0.3) is 0 Å². The highest BCUT2D eigenvalue weighted by Gasteiger charge is 2.37. The maximum Gasteiger partial charge on any atom is 0.422 e. The molecule has 0 saturated heterocycles. The summed E-state index contributed by atoms with van der Waals surface area (Å²) in [5.41, 5.74) is -0.231. The Hall–Kier alpha value is -1.91. The fourth-order valence-corrected chi connectivity index (χ4v) is 2.16. The van der Waals surface area contributed by atoms with Crippen LogP contribution in [0.5, 0.6) is 0 Å². The molecule has 0 spiro atoms. The largest absolute Gasteiger partial charge is 0.422 e. The Morgan fingerprint density at radius 3 is 1.81 bits per heavy atom. The third-order valence-electron chi connectivity index (χ3n) is 3.15. The van der Waals surface area contributed by atoms with E-state index in [-0.39, 0.29) is 5.56 Å². The summed E-state index contributed by atoms with van der Waals surface area (Å²) in [6.45, 7) is 2.02. The van der Waals surface area contributed by atoms with E-state index in [9.17, 15) is 22.0 Å². The molecule has 0 unspecified atom stereocenters. The molecule has 0 N–H and O–H groups in total. The summed E-state index contributed by atoms with van der Waals surface area (Å²) in [6.07, 6.45) is -3.21. The van der Waals surface area contributed by atoms with Crippen LogP contribution in [-0.2, 0) is 12.6 Å². The minimum atomic E-state index is -5.04. The zero-order valence-corrected chi connectivity index (χ0v) is 11.3. The Labute approximate surface area is 119 Å². The number of benzene rings is 2. The Kier molecular flexibility index (Phi) is 4.30. The van der Waals surface area contributed by atoms with Gasteiger partial charge in [-0.2, -0.15) is 13.2 Å². The zero-order valence-electron chi connectivity index (χ0n) is 11.3. The number of halogens is 5. The molecule has 0 nitrogen and oxygen atoms in total. The first-order valence-electron chi connectivity index (χ1n) is 6.48. The molecule has 0 heterocycles. The highest BCUT2D eigenvalue weighted by Crippen LogP contribution is 2.35. The summed E-state index contributed by atoms with van der Waals surface area (Å²) >= 11 is 0. The van der Waals surface area contributed by atoms with Crippen LogP contribution in [0.4, 0.5) is 22.0 Å². The quantitative estimate of drug-likeness (QED) is 0.647. The first kappa shape index (κ1) is 15.5. The first-order valence-corrected chi connectivity index (χ1v) is 6.48. The van der Waals surface area contributed by atoms with E-state index in [1.54, 1.807) is 24.3 Å². The fraction of sp³-hybridized carbons (Fsp3) is 0.250. The normalized spacial score (nSPS) is 11.7. The second-order valence-corrected chi connectivity index (χ2v) is 4.76. The van der Waals surface area contributed by atoms with Crippen molar-refractivity contribution in [2.75, 3.05) is 0 Å². The van der Waals surface area contributed by atoms with Gasteiger partial charge in [0, 0.05) is 0 Å². The predicted octanol–water partition coefficient (Wildman–Crippen LogP) is 5.60. The van der Waals surface area contributed by atoms with Crippen molar-refractivity contribution in [1.82, 2.24) is 0 Å². The van der Waals surface area contributed by atoms with Gasteiger partial charge in [0.2, 0.25) is 0 Å². The minimum absolute atomic E-state index is 0.0843. The van der Waals surface area contributed by atoms with Gasteiger partial charge in [-0.05, 0) is 35.2 Å². The van der Waals surface area contributed by atoms with Gasteiger partial charge >= 0.3 is 6.18 Å². The molecule has 0 radical (unpaired) electrons. The molecule has 0 aliphatic rings. The van der Waals surface area contributed by atoms with Crippen molar-refractivity contribution in [1.29, 1.82) is 0 Å². The average molecular weight is 300 g/mol. The van der Waals surface area contributed by atoms with E-state index in [0.29, 0.717) is 17.7 Å². The smallest absolute Gasteiger partial charge is 0.206 e. The summed E-state index contributed by atoms with van der Waals surface area (Å²) in [5, 5.41) is 0. The molecule has 0 aliphatic heterocycles. The van der Waals surface area contributed by atoms with Crippen molar-refractivity contribution in [2.45, 2.75) is 25.9 Å². The molecule has 0 aliphatic carbocycles. The summed E-state index contributed by atoms with van der Waals surface area (Å²) < 4.78 is 64.6. The molecule has 112 valence electrons. The van der Waals surface area contributed by atoms with Crippen molar-refractivity contribution < 1.29 is 22.0 Å². The van der Waals surface area contributed by atoms with Crippen LogP contribution >= 0.6 is 0 Å². The number of hydrogen-bond acceptors (Lipinski definition) is 0. The lowest BCUT2D eigenvalue weighted by molar-refractivity contribution is -0.142. The molecular weight excluding hydrogens is 287 g/mol. The van der Waals surface area contributed by atoms with Gasteiger partial charge < -0.3 is 0 Å². The summed E-state index contributed by atoms with van der Waals surface area (Å²) in [7, 11) is 0. The van der Waals surface area contributed by atoms with Crippen molar-refractivity contribution in [3.63, 3.8) is 0 Å². The monoisotopic (exact) mass is 300 g/mol. The number of aryl methyl sites for hydroxylation is 1. The van der Waals surface area contributed by atoms with E-state index < -0.39 is 23.4 Å². The highest BCUT2D eigenvalue weighted by molar-refractivity contribution is 5.64. The number of rotatable bonds is 3. The summed E-state index contributed by atoms with van der Waals surface area (Å²) in [5.74, 6) is -3.20. The first-order chi connectivity index (χ1) is 9.82. The van der Waals surface area contributed by atoms with E-state index in [1.807, 2.05) is 6.92 Å². The summed E-state index contributed by atoms with van der Waals surface area (Å²) in [4.78, 5) is 0. The van der Waals surface area contributed by atoms with E-state index in [4.69, 9.17) is 0 Å². The van der Waals surface area contributed by atoms with Crippen LogP contribution in [0, 0.1) is 11.6 Å². The average Bonchev–Trinajstić information content (AvgIpc) is 2.37. The molecule has 5 heteroatoms. The maximum atomic E-state index is 13.5. The summed E-state index contributed by atoms with van der Waals surface area (Å²) in [6, 6.07) is 8.30. The van der Waals surface area contributed by atoms with E-state index in [0.717, 1.165) is 18.4 Å². The standard InChI is InChI=1S/C16H13F5/c1-2-3-10-4-6-11(7-5-10)12-8-13(17)15(14(18)9-12)16(19,20)21/h4-9H,2-3H2,1H3. The van der Waals surface area contributed by atoms with E-state index >= 15 is 0 Å². The lowest BCUT2D eigenvalue weighted by Gasteiger charge is -2.11. The zero-order chi connectivity index (χ0) is 15.6. The van der Waals surface area contributed by atoms with Crippen LogP contribution in [0.25, 0.3) is 11.1 Å². The molecule has 2 aromatic rings. The molecule has 0 amide bonds.